The summed E-state index contributed by atoms with van der Waals surface area (Å²) in [6, 6.07) is 7.15. The number of hydrogen-bond donors (Lipinski definition) is 1. The van der Waals surface area contributed by atoms with E-state index in [0.29, 0.717) is 5.41 Å². The molecule has 0 spiro atoms. The second-order valence-electron chi connectivity index (χ2n) is 5.50. The topological polar surface area (TPSA) is 55.2 Å². The molecule has 0 bridgehead atoms. The van der Waals surface area contributed by atoms with Crippen molar-refractivity contribution in [3.8, 4) is 0 Å². The summed E-state index contributed by atoms with van der Waals surface area (Å²) in [7, 11) is 0. The van der Waals surface area contributed by atoms with Crippen molar-refractivity contribution in [2.45, 2.75) is 39.2 Å². The van der Waals surface area contributed by atoms with E-state index in [9.17, 15) is 10.1 Å². The lowest BCUT2D eigenvalue weighted by molar-refractivity contribution is -0.384. The van der Waals surface area contributed by atoms with E-state index in [1.165, 1.54) is 12.8 Å². The highest BCUT2D eigenvalue weighted by atomic mass is 16.6. The van der Waals surface area contributed by atoms with Gasteiger partial charge in [0.1, 0.15) is 0 Å². The standard InChI is InChI=1S/C14H20N2O2/c1-3-13(15-10-14(2)7-8-14)11-5-4-6-12(9-11)16(17)18/h4-6,9,13,15H,3,7-8,10H2,1-2H3. The number of nitrogens with one attached hydrogen (secondary N) is 1. The van der Waals surface area contributed by atoms with Gasteiger partial charge in [-0.1, -0.05) is 26.0 Å². The van der Waals surface area contributed by atoms with Crippen molar-refractivity contribution < 1.29 is 4.92 Å². The van der Waals surface area contributed by atoms with Crippen LogP contribution in [-0.2, 0) is 0 Å². The summed E-state index contributed by atoms with van der Waals surface area (Å²) in [4.78, 5) is 10.4. The van der Waals surface area contributed by atoms with Crippen LogP contribution in [0.2, 0.25) is 0 Å². The Morgan fingerprint density at radius 2 is 2.22 bits per heavy atom. The van der Waals surface area contributed by atoms with E-state index in [-0.39, 0.29) is 16.7 Å². The number of nitro benzene ring substituents is 1. The highest BCUT2D eigenvalue weighted by Crippen LogP contribution is 2.44. The second-order valence-corrected chi connectivity index (χ2v) is 5.50. The molecule has 98 valence electrons. The van der Waals surface area contributed by atoms with Crippen molar-refractivity contribution in [1.29, 1.82) is 0 Å². The molecule has 1 saturated carbocycles. The lowest BCUT2D eigenvalue weighted by Crippen LogP contribution is -2.26. The van der Waals surface area contributed by atoms with Crippen molar-refractivity contribution in [2.75, 3.05) is 6.54 Å². The van der Waals surface area contributed by atoms with Gasteiger partial charge in [0.2, 0.25) is 0 Å². The average Bonchev–Trinajstić information content (AvgIpc) is 3.09. The van der Waals surface area contributed by atoms with E-state index in [1.807, 2.05) is 6.07 Å². The molecule has 0 amide bonds. The van der Waals surface area contributed by atoms with E-state index in [0.717, 1.165) is 18.5 Å². The van der Waals surface area contributed by atoms with E-state index in [4.69, 9.17) is 0 Å². The van der Waals surface area contributed by atoms with Crippen molar-refractivity contribution in [1.82, 2.24) is 5.32 Å². The maximum Gasteiger partial charge on any atom is 0.269 e. The van der Waals surface area contributed by atoms with E-state index >= 15 is 0 Å². The van der Waals surface area contributed by atoms with Gasteiger partial charge in [-0.2, -0.15) is 0 Å². The first-order valence-corrected chi connectivity index (χ1v) is 6.52. The molecule has 1 aliphatic rings. The summed E-state index contributed by atoms with van der Waals surface area (Å²) in [5.74, 6) is 0. The smallest absolute Gasteiger partial charge is 0.269 e. The van der Waals surface area contributed by atoms with Gasteiger partial charge in [0.15, 0.2) is 0 Å². The third-order valence-electron chi connectivity index (χ3n) is 3.77. The predicted molar refractivity (Wildman–Crippen MR) is 71.5 cm³/mol. The second kappa shape index (κ2) is 5.06. The van der Waals surface area contributed by atoms with Gasteiger partial charge in [0, 0.05) is 24.7 Å². The Morgan fingerprint density at radius 1 is 1.50 bits per heavy atom. The molecule has 1 aromatic carbocycles. The number of benzene rings is 1. The van der Waals surface area contributed by atoms with Crippen molar-refractivity contribution in [3.63, 3.8) is 0 Å². The van der Waals surface area contributed by atoms with Crippen LogP contribution in [0.15, 0.2) is 24.3 Å². The van der Waals surface area contributed by atoms with Crippen LogP contribution in [0.4, 0.5) is 5.69 Å². The van der Waals surface area contributed by atoms with Crippen molar-refractivity contribution in [2.24, 2.45) is 5.41 Å². The molecule has 1 atom stereocenters. The van der Waals surface area contributed by atoms with Crippen LogP contribution in [0.1, 0.15) is 44.7 Å². The molecule has 1 N–H and O–H groups in total. The quantitative estimate of drug-likeness (QED) is 0.619. The lowest BCUT2D eigenvalue weighted by atomic mass is 10.0. The van der Waals surface area contributed by atoms with Crippen LogP contribution in [0, 0.1) is 15.5 Å². The largest absolute Gasteiger partial charge is 0.309 e. The molecular weight excluding hydrogens is 228 g/mol. The first-order valence-electron chi connectivity index (χ1n) is 6.52. The van der Waals surface area contributed by atoms with Gasteiger partial charge >= 0.3 is 0 Å². The van der Waals surface area contributed by atoms with E-state index < -0.39 is 0 Å². The minimum atomic E-state index is -0.335. The van der Waals surface area contributed by atoms with E-state index in [1.54, 1.807) is 18.2 Å². The van der Waals surface area contributed by atoms with Crippen LogP contribution < -0.4 is 5.32 Å². The fraction of sp³-hybridized carbons (Fsp3) is 0.571. The summed E-state index contributed by atoms with van der Waals surface area (Å²) < 4.78 is 0. The Hall–Kier alpha value is -1.42. The Bertz CT molecular complexity index is 441. The van der Waals surface area contributed by atoms with Crippen LogP contribution in [-0.4, -0.2) is 11.5 Å². The zero-order valence-corrected chi connectivity index (χ0v) is 11.0. The van der Waals surface area contributed by atoms with Crippen LogP contribution >= 0.6 is 0 Å². The Kier molecular flexibility index (Phi) is 3.66. The van der Waals surface area contributed by atoms with Gasteiger partial charge in [0.05, 0.1) is 4.92 Å². The fourth-order valence-electron chi connectivity index (χ4n) is 2.11. The van der Waals surface area contributed by atoms with Crippen LogP contribution in [0.25, 0.3) is 0 Å². The lowest BCUT2D eigenvalue weighted by Gasteiger charge is -2.19. The third-order valence-corrected chi connectivity index (χ3v) is 3.77. The van der Waals surface area contributed by atoms with Gasteiger partial charge in [-0.05, 0) is 30.2 Å². The van der Waals surface area contributed by atoms with Crippen LogP contribution in [0.5, 0.6) is 0 Å². The van der Waals surface area contributed by atoms with Crippen molar-refractivity contribution in [3.05, 3.63) is 39.9 Å². The zero-order chi connectivity index (χ0) is 13.2. The minimum absolute atomic E-state index is 0.172. The molecule has 0 saturated heterocycles. The SMILES string of the molecule is CCC(NCC1(C)CC1)c1cccc([N+](=O)[O-])c1. The molecule has 1 fully saturated rings. The van der Waals surface area contributed by atoms with Gasteiger partial charge in [-0.15, -0.1) is 0 Å². The number of hydrogen-bond acceptors (Lipinski definition) is 3. The average molecular weight is 248 g/mol. The molecule has 4 heteroatoms. The summed E-state index contributed by atoms with van der Waals surface area (Å²) in [6.07, 6.45) is 3.51. The molecule has 0 aliphatic heterocycles. The van der Waals surface area contributed by atoms with Gasteiger partial charge < -0.3 is 5.32 Å². The van der Waals surface area contributed by atoms with Crippen LogP contribution in [0.3, 0.4) is 0 Å². The van der Waals surface area contributed by atoms with Gasteiger partial charge in [0.25, 0.3) is 5.69 Å². The first-order chi connectivity index (χ1) is 8.54. The summed E-state index contributed by atoms with van der Waals surface area (Å²) in [6.45, 7) is 5.38. The first kappa shape index (κ1) is 13.0. The molecule has 0 radical (unpaired) electrons. The zero-order valence-electron chi connectivity index (χ0n) is 11.0. The fourth-order valence-corrected chi connectivity index (χ4v) is 2.11. The molecule has 18 heavy (non-hydrogen) atoms. The number of rotatable bonds is 6. The summed E-state index contributed by atoms with van der Waals surface area (Å²) in [5.41, 5.74) is 1.63. The molecule has 0 heterocycles. The Balaban J connectivity index is 2.06. The maximum absolute atomic E-state index is 10.8. The minimum Gasteiger partial charge on any atom is -0.309 e. The highest BCUT2D eigenvalue weighted by molar-refractivity contribution is 5.35. The molecule has 1 aliphatic carbocycles. The Labute approximate surface area is 108 Å². The number of non-ortho nitro benzene ring substituents is 1. The molecular formula is C14H20N2O2. The Morgan fingerprint density at radius 3 is 2.78 bits per heavy atom. The summed E-state index contributed by atoms with van der Waals surface area (Å²) >= 11 is 0. The van der Waals surface area contributed by atoms with E-state index in [2.05, 4.69) is 19.2 Å². The maximum atomic E-state index is 10.8. The predicted octanol–water partition coefficient (Wildman–Crippen LogP) is 3.44. The molecule has 4 nitrogen and oxygen atoms in total. The third kappa shape index (κ3) is 3.07. The summed E-state index contributed by atoms with van der Waals surface area (Å²) in [5, 5.41) is 14.3. The molecule has 1 aromatic rings. The van der Waals surface area contributed by atoms with Crippen molar-refractivity contribution >= 4 is 5.69 Å². The van der Waals surface area contributed by atoms with Gasteiger partial charge in [-0.3, -0.25) is 10.1 Å². The molecule has 0 aromatic heterocycles. The number of nitrogens with zero attached hydrogens (tertiary/aromatic N) is 1. The monoisotopic (exact) mass is 248 g/mol. The molecule has 1 unspecified atom stereocenters. The van der Waals surface area contributed by atoms with Gasteiger partial charge in [-0.25, -0.2) is 0 Å². The molecule has 2 rings (SSSR count). The number of nitro groups is 1. The normalized spacial score (nSPS) is 18.3. The highest BCUT2D eigenvalue weighted by Gasteiger charge is 2.37.